The number of amides is 1. The van der Waals surface area contributed by atoms with E-state index in [1.54, 1.807) is 31.2 Å². The van der Waals surface area contributed by atoms with Gasteiger partial charge < -0.3 is 19.9 Å². The van der Waals surface area contributed by atoms with Crippen molar-refractivity contribution in [2.45, 2.75) is 56.3 Å². The summed E-state index contributed by atoms with van der Waals surface area (Å²) in [5.74, 6) is -0.997. The third-order valence-corrected chi connectivity index (χ3v) is 7.46. The summed E-state index contributed by atoms with van der Waals surface area (Å²) in [4.78, 5) is 21.2. The second-order valence-corrected chi connectivity index (χ2v) is 9.58. The minimum Gasteiger partial charge on any atom is -0.481 e. The molecule has 184 valence electrons. The first-order valence-electron chi connectivity index (χ1n) is 11.6. The van der Waals surface area contributed by atoms with Crippen LogP contribution in [0.2, 0.25) is 0 Å². The molecule has 2 aliphatic heterocycles. The number of benzene rings is 1. The molecule has 6 rings (SSSR count). The van der Waals surface area contributed by atoms with E-state index in [1.165, 1.54) is 13.2 Å². The van der Waals surface area contributed by atoms with Gasteiger partial charge in [0.25, 0.3) is 5.91 Å². The highest BCUT2D eigenvalue weighted by atomic mass is 19.1. The van der Waals surface area contributed by atoms with Crippen LogP contribution in [0.3, 0.4) is 0 Å². The molecule has 2 N–H and O–H groups in total. The lowest BCUT2D eigenvalue weighted by Crippen LogP contribution is -2.66. The Hall–Kier alpha value is -3.17. The Balaban J connectivity index is 1.31. The third-order valence-electron chi connectivity index (χ3n) is 7.46. The molecule has 1 saturated carbocycles. The Morgan fingerprint density at radius 2 is 1.97 bits per heavy atom. The van der Waals surface area contributed by atoms with Crippen LogP contribution in [-0.4, -0.2) is 51.9 Å². The fourth-order valence-electron chi connectivity index (χ4n) is 5.12. The maximum Gasteiger partial charge on any atom is 0.251 e. The third kappa shape index (κ3) is 4.23. The topological polar surface area (TPSA) is 93.6 Å². The van der Waals surface area contributed by atoms with E-state index < -0.39 is 28.9 Å². The quantitative estimate of drug-likeness (QED) is 0.556. The molecule has 1 atom stereocenters. The summed E-state index contributed by atoms with van der Waals surface area (Å²) in [6.07, 6.45) is 2.35. The van der Waals surface area contributed by atoms with E-state index in [2.05, 4.69) is 15.3 Å². The summed E-state index contributed by atoms with van der Waals surface area (Å²) >= 11 is 0. The van der Waals surface area contributed by atoms with Crippen molar-refractivity contribution < 1.29 is 28.2 Å². The van der Waals surface area contributed by atoms with Gasteiger partial charge in [0.05, 0.1) is 48.2 Å². The predicted octanol–water partition coefficient (Wildman–Crippen LogP) is 3.64. The molecule has 1 aliphatic carbocycles. The SMILES string of the molecule is COc1ccc2ncc(F)c(CC(O)C34CCC(NC(=O)c5ccc(C)c(F)c5)(CC3)CO4)c2n1. The molecular weight excluding hydrogens is 456 g/mol. The molecule has 3 aliphatic rings. The first-order chi connectivity index (χ1) is 16.7. The average molecular weight is 484 g/mol. The van der Waals surface area contributed by atoms with E-state index >= 15 is 0 Å². The fourth-order valence-corrected chi connectivity index (χ4v) is 5.12. The molecule has 2 saturated heterocycles. The van der Waals surface area contributed by atoms with Gasteiger partial charge in [-0.2, -0.15) is 0 Å². The number of ether oxygens (including phenoxy) is 2. The molecule has 2 bridgehead atoms. The number of fused-ring (bicyclic) bond motifs is 4. The molecule has 0 spiro atoms. The first kappa shape index (κ1) is 23.6. The number of aliphatic hydroxyl groups excluding tert-OH is 1. The molecule has 3 aromatic rings. The Kier molecular flexibility index (Phi) is 5.93. The molecule has 1 unspecified atom stereocenters. The summed E-state index contributed by atoms with van der Waals surface area (Å²) in [5, 5.41) is 14.2. The van der Waals surface area contributed by atoms with Crippen LogP contribution in [0.4, 0.5) is 8.78 Å². The number of halogens is 2. The van der Waals surface area contributed by atoms with Crippen molar-refractivity contribution in [1.29, 1.82) is 0 Å². The highest BCUT2D eigenvalue weighted by molar-refractivity contribution is 5.94. The van der Waals surface area contributed by atoms with Crippen molar-refractivity contribution >= 4 is 16.9 Å². The number of rotatable bonds is 6. The van der Waals surface area contributed by atoms with E-state index in [4.69, 9.17) is 9.47 Å². The van der Waals surface area contributed by atoms with Crippen LogP contribution < -0.4 is 10.1 Å². The number of hydrogen-bond acceptors (Lipinski definition) is 6. The minimum absolute atomic E-state index is 0.00697. The molecule has 9 heteroatoms. The smallest absolute Gasteiger partial charge is 0.251 e. The van der Waals surface area contributed by atoms with Gasteiger partial charge in [-0.1, -0.05) is 6.07 Å². The average Bonchev–Trinajstić information content (AvgIpc) is 2.87. The van der Waals surface area contributed by atoms with Crippen LogP contribution >= 0.6 is 0 Å². The predicted molar refractivity (Wildman–Crippen MR) is 124 cm³/mol. The molecule has 35 heavy (non-hydrogen) atoms. The Labute approximate surface area is 201 Å². The Morgan fingerprint density at radius 1 is 1.20 bits per heavy atom. The number of aromatic nitrogens is 2. The van der Waals surface area contributed by atoms with Crippen molar-refractivity contribution in [2.24, 2.45) is 0 Å². The van der Waals surface area contributed by atoms with E-state index in [9.17, 15) is 18.7 Å². The summed E-state index contributed by atoms with van der Waals surface area (Å²) in [6, 6.07) is 7.76. The van der Waals surface area contributed by atoms with E-state index in [0.29, 0.717) is 48.2 Å². The van der Waals surface area contributed by atoms with Gasteiger partial charge in [-0.05, 0) is 56.4 Å². The number of aryl methyl sites for hydroxylation is 1. The van der Waals surface area contributed by atoms with Gasteiger partial charge >= 0.3 is 0 Å². The van der Waals surface area contributed by atoms with Gasteiger partial charge in [0.1, 0.15) is 11.6 Å². The van der Waals surface area contributed by atoms with Crippen molar-refractivity contribution in [2.75, 3.05) is 13.7 Å². The highest BCUT2D eigenvalue weighted by Gasteiger charge is 2.53. The Bertz CT molecular complexity index is 1270. The van der Waals surface area contributed by atoms with Crippen molar-refractivity contribution in [3.05, 3.63) is 64.9 Å². The minimum atomic E-state index is -0.976. The lowest BCUT2D eigenvalue weighted by atomic mass is 9.68. The van der Waals surface area contributed by atoms with Crippen LogP contribution in [0.1, 0.15) is 47.2 Å². The van der Waals surface area contributed by atoms with Gasteiger partial charge in [0, 0.05) is 23.6 Å². The first-order valence-corrected chi connectivity index (χ1v) is 11.6. The van der Waals surface area contributed by atoms with Crippen molar-refractivity contribution in [3.8, 4) is 5.88 Å². The lowest BCUT2D eigenvalue weighted by molar-refractivity contribution is -0.205. The molecular formula is C26H27F2N3O4. The van der Waals surface area contributed by atoms with E-state index in [1.807, 2.05) is 0 Å². The van der Waals surface area contributed by atoms with Crippen molar-refractivity contribution in [3.63, 3.8) is 0 Å². The summed E-state index contributed by atoms with van der Waals surface area (Å²) < 4.78 is 40.0. The molecule has 0 radical (unpaired) electrons. The second kappa shape index (κ2) is 8.80. The number of hydrogen-bond donors (Lipinski definition) is 2. The number of carbonyl (C=O) groups excluding carboxylic acids is 1. The largest absolute Gasteiger partial charge is 0.481 e. The normalized spacial score (nSPS) is 24.4. The molecule has 4 heterocycles. The Morgan fingerprint density at radius 3 is 2.63 bits per heavy atom. The molecule has 1 amide bonds. The fraction of sp³-hybridized carbons (Fsp3) is 0.423. The number of nitrogens with one attached hydrogen (secondary N) is 1. The number of pyridine rings is 2. The lowest BCUT2D eigenvalue weighted by Gasteiger charge is -2.54. The maximum absolute atomic E-state index is 14.8. The maximum atomic E-state index is 14.8. The van der Waals surface area contributed by atoms with Gasteiger partial charge in [-0.15, -0.1) is 0 Å². The number of carbonyl (C=O) groups is 1. The molecule has 2 aromatic heterocycles. The van der Waals surface area contributed by atoms with E-state index in [-0.39, 0.29) is 30.1 Å². The van der Waals surface area contributed by atoms with Gasteiger partial charge in [-0.25, -0.2) is 13.8 Å². The van der Waals surface area contributed by atoms with Gasteiger partial charge in [0.15, 0.2) is 0 Å². The zero-order valence-corrected chi connectivity index (χ0v) is 19.6. The van der Waals surface area contributed by atoms with Crippen molar-refractivity contribution in [1.82, 2.24) is 15.3 Å². The zero-order chi connectivity index (χ0) is 24.8. The molecule has 1 aromatic carbocycles. The zero-order valence-electron chi connectivity index (χ0n) is 19.6. The van der Waals surface area contributed by atoms with E-state index in [0.717, 1.165) is 6.20 Å². The monoisotopic (exact) mass is 483 g/mol. The summed E-state index contributed by atoms with van der Waals surface area (Å²) in [6.45, 7) is 1.86. The van der Waals surface area contributed by atoms with Crippen LogP contribution in [0.25, 0.3) is 11.0 Å². The van der Waals surface area contributed by atoms with Gasteiger partial charge in [-0.3, -0.25) is 9.78 Å². The second-order valence-electron chi connectivity index (χ2n) is 9.58. The molecule has 7 nitrogen and oxygen atoms in total. The van der Waals surface area contributed by atoms with Crippen LogP contribution in [0.5, 0.6) is 5.88 Å². The number of nitrogens with zero attached hydrogens (tertiary/aromatic N) is 2. The summed E-state index contributed by atoms with van der Waals surface area (Å²) in [5.41, 5.74) is 0.425. The van der Waals surface area contributed by atoms with Crippen LogP contribution in [-0.2, 0) is 11.2 Å². The van der Waals surface area contributed by atoms with Crippen LogP contribution in [0.15, 0.2) is 36.5 Å². The van der Waals surface area contributed by atoms with Gasteiger partial charge in [0.2, 0.25) is 5.88 Å². The van der Waals surface area contributed by atoms with Crippen LogP contribution in [0, 0.1) is 18.6 Å². The standard InChI is InChI=1S/C26H27F2N3O4/c1-15-3-4-16(11-18(15)27)24(33)31-25-7-9-26(10-8-25,35-14-25)21(32)12-17-19(28)13-29-20-5-6-22(34-2)30-23(17)20/h3-6,11,13,21,32H,7-10,12,14H2,1-2H3,(H,31,33). The summed E-state index contributed by atoms with van der Waals surface area (Å²) in [7, 11) is 1.48. The molecule has 3 fully saturated rings. The number of methoxy groups -OCH3 is 1. The number of aliphatic hydroxyl groups is 1. The highest BCUT2D eigenvalue weighted by Crippen LogP contribution is 2.46.